The third kappa shape index (κ3) is 6.64. The molecular weight excluding hydrogens is 355 g/mol. The minimum absolute atomic E-state index is 0.212. The van der Waals surface area contributed by atoms with Crippen molar-refractivity contribution in [1.29, 1.82) is 0 Å². The summed E-state index contributed by atoms with van der Waals surface area (Å²) in [5.41, 5.74) is 7.96. The number of hydrogen-bond donors (Lipinski definition) is 4. The topological polar surface area (TPSA) is 48.1 Å². The van der Waals surface area contributed by atoms with E-state index in [9.17, 15) is 4.39 Å². The van der Waals surface area contributed by atoms with E-state index in [1.807, 2.05) is 12.1 Å². The lowest BCUT2D eigenvalue weighted by Crippen LogP contribution is -2.45. The number of benzene rings is 2. The second kappa shape index (κ2) is 9.90. The summed E-state index contributed by atoms with van der Waals surface area (Å²) >= 11 is 10.3. The van der Waals surface area contributed by atoms with Crippen LogP contribution in [0.3, 0.4) is 0 Å². The zero-order valence-corrected chi connectivity index (χ0v) is 15.6. The molecule has 2 aromatic rings. The van der Waals surface area contributed by atoms with Crippen molar-refractivity contribution in [1.82, 2.24) is 10.9 Å². The highest BCUT2D eigenvalue weighted by Crippen LogP contribution is 2.12. The van der Waals surface area contributed by atoms with Crippen molar-refractivity contribution in [2.75, 3.05) is 10.6 Å². The van der Waals surface area contributed by atoms with Crippen LogP contribution >= 0.6 is 24.4 Å². The van der Waals surface area contributed by atoms with Gasteiger partial charge in [-0.25, -0.2) is 4.39 Å². The molecule has 0 aromatic heterocycles. The van der Waals surface area contributed by atoms with Crippen LogP contribution in [0.25, 0.3) is 0 Å². The number of unbranched alkanes of at least 4 members (excludes halogenated alkanes) is 1. The second-order valence-corrected chi connectivity index (χ2v) is 6.26. The number of aryl methyl sites for hydroxylation is 1. The van der Waals surface area contributed by atoms with Crippen molar-refractivity contribution < 1.29 is 4.39 Å². The fourth-order valence-corrected chi connectivity index (χ4v) is 2.46. The molecule has 0 spiro atoms. The van der Waals surface area contributed by atoms with Crippen LogP contribution in [0.15, 0.2) is 48.5 Å². The van der Waals surface area contributed by atoms with Gasteiger partial charge in [0.25, 0.3) is 0 Å². The van der Waals surface area contributed by atoms with E-state index in [1.165, 1.54) is 24.5 Å². The first-order valence-electron chi connectivity index (χ1n) is 8.06. The molecule has 0 aliphatic carbocycles. The summed E-state index contributed by atoms with van der Waals surface area (Å²) in [5, 5.41) is 6.38. The van der Waals surface area contributed by atoms with Crippen molar-refractivity contribution in [3.63, 3.8) is 0 Å². The van der Waals surface area contributed by atoms with Crippen molar-refractivity contribution in [3.05, 3.63) is 59.9 Å². The van der Waals surface area contributed by atoms with Crippen molar-refractivity contribution in [2.45, 2.75) is 26.2 Å². The molecule has 4 nitrogen and oxygen atoms in total. The number of hydrogen-bond acceptors (Lipinski definition) is 2. The number of anilines is 2. The van der Waals surface area contributed by atoms with Gasteiger partial charge in [-0.05, 0) is 67.1 Å². The van der Waals surface area contributed by atoms with Gasteiger partial charge < -0.3 is 10.6 Å². The van der Waals surface area contributed by atoms with Crippen LogP contribution in [0.1, 0.15) is 25.3 Å². The van der Waals surface area contributed by atoms with Crippen LogP contribution in [0.2, 0.25) is 0 Å². The van der Waals surface area contributed by atoms with E-state index in [-0.39, 0.29) is 10.9 Å². The van der Waals surface area contributed by atoms with E-state index < -0.39 is 0 Å². The van der Waals surface area contributed by atoms with Crippen molar-refractivity contribution in [2.24, 2.45) is 0 Å². The third-order valence-electron chi connectivity index (χ3n) is 3.44. The number of nitrogens with one attached hydrogen (secondary N) is 4. The fraction of sp³-hybridized carbons (Fsp3) is 0.222. The number of rotatable bonds is 5. The van der Waals surface area contributed by atoms with Crippen molar-refractivity contribution >= 4 is 46.0 Å². The Balaban J connectivity index is 1.76. The molecule has 0 saturated carbocycles. The summed E-state index contributed by atoms with van der Waals surface area (Å²) in [5.74, 6) is -0.379. The van der Waals surface area contributed by atoms with E-state index >= 15 is 0 Å². The molecule has 0 heterocycles. The Hall–Kier alpha value is -2.25. The lowest BCUT2D eigenvalue weighted by Gasteiger charge is -2.14. The van der Waals surface area contributed by atoms with Gasteiger partial charge in [-0.15, -0.1) is 0 Å². The standard InChI is InChI=1S/C18H21FN4S2/c1-2-3-6-13-9-11-14(12-10-13)20-17(24)22-23-18(25)21-16-8-5-4-7-15(16)19/h4-5,7-12H,2-3,6H2,1H3,(H2,20,22,24)(H2,21,23,25). The van der Waals surface area contributed by atoms with Crippen LogP contribution in [0.4, 0.5) is 15.8 Å². The normalized spacial score (nSPS) is 10.0. The predicted octanol–water partition coefficient (Wildman–Crippen LogP) is 4.36. The maximum Gasteiger partial charge on any atom is 0.189 e. The molecule has 7 heteroatoms. The van der Waals surface area contributed by atoms with Crippen LogP contribution in [0, 0.1) is 5.82 Å². The Morgan fingerprint density at radius 1 is 0.920 bits per heavy atom. The largest absolute Gasteiger partial charge is 0.331 e. The number of thiocarbonyl (C=S) groups is 2. The Labute approximate surface area is 158 Å². The van der Waals surface area contributed by atoms with Crippen LogP contribution in [-0.2, 0) is 6.42 Å². The molecule has 0 aliphatic heterocycles. The predicted molar refractivity (Wildman–Crippen MR) is 110 cm³/mol. The molecule has 0 atom stereocenters. The zero-order valence-electron chi connectivity index (χ0n) is 13.9. The summed E-state index contributed by atoms with van der Waals surface area (Å²) in [4.78, 5) is 0. The average molecular weight is 377 g/mol. The molecule has 0 bridgehead atoms. The molecule has 0 unspecified atom stereocenters. The number of hydrazine groups is 1. The molecule has 0 saturated heterocycles. The maximum absolute atomic E-state index is 13.5. The number of para-hydroxylation sites is 1. The summed E-state index contributed by atoms with van der Waals surface area (Å²) in [6.45, 7) is 2.18. The zero-order chi connectivity index (χ0) is 18.1. The molecule has 2 rings (SSSR count). The first-order chi connectivity index (χ1) is 12.1. The average Bonchev–Trinajstić information content (AvgIpc) is 2.61. The highest BCUT2D eigenvalue weighted by molar-refractivity contribution is 7.81. The molecule has 0 aliphatic rings. The van der Waals surface area contributed by atoms with Crippen LogP contribution < -0.4 is 21.5 Å². The second-order valence-electron chi connectivity index (χ2n) is 5.44. The van der Waals surface area contributed by atoms with Crippen LogP contribution in [0.5, 0.6) is 0 Å². The smallest absolute Gasteiger partial charge is 0.189 e. The monoisotopic (exact) mass is 376 g/mol. The molecule has 4 N–H and O–H groups in total. The van der Waals surface area contributed by atoms with Gasteiger partial charge in [-0.1, -0.05) is 37.6 Å². The van der Waals surface area contributed by atoms with Gasteiger partial charge in [0.05, 0.1) is 5.69 Å². The van der Waals surface area contributed by atoms with Crippen molar-refractivity contribution in [3.8, 4) is 0 Å². The lowest BCUT2D eigenvalue weighted by molar-refractivity contribution is 0.632. The van der Waals surface area contributed by atoms with E-state index in [1.54, 1.807) is 18.2 Å². The van der Waals surface area contributed by atoms with Gasteiger partial charge in [0, 0.05) is 5.69 Å². The third-order valence-corrected chi connectivity index (χ3v) is 3.85. The molecule has 0 amide bonds. The summed E-state index contributed by atoms with van der Waals surface area (Å²) in [7, 11) is 0. The highest BCUT2D eigenvalue weighted by atomic mass is 32.1. The molecule has 25 heavy (non-hydrogen) atoms. The number of halogens is 1. The maximum atomic E-state index is 13.5. The first kappa shape index (κ1) is 19.1. The minimum Gasteiger partial charge on any atom is -0.331 e. The van der Waals surface area contributed by atoms with E-state index in [4.69, 9.17) is 24.4 Å². The molecule has 0 radical (unpaired) electrons. The SMILES string of the molecule is CCCCc1ccc(NC(=S)NNC(=S)Nc2ccccc2F)cc1. The van der Waals surface area contributed by atoms with E-state index in [0.29, 0.717) is 10.8 Å². The molecule has 2 aromatic carbocycles. The minimum atomic E-state index is -0.379. The van der Waals surface area contributed by atoms with Gasteiger partial charge in [0.15, 0.2) is 10.2 Å². The lowest BCUT2D eigenvalue weighted by atomic mass is 10.1. The van der Waals surface area contributed by atoms with Gasteiger partial charge in [-0.2, -0.15) is 0 Å². The quantitative estimate of drug-likeness (QED) is 0.460. The van der Waals surface area contributed by atoms with E-state index in [2.05, 4.69) is 40.5 Å². The van der Waals surface area contributed by atoms with E-state index in [0.717, 1.165) is 12.1 Å². The Morgan fingerprint density at radius 3 is 2.20 bits per heavy atom. The Kier molecular flexibility index (Phi) is 7.56. The van der Waals surface area contributed by atoms with Gasteiger partial charge in [-0.3, -0.25) is 10.9 Å². The highest BCUT2D eigenvalue weighted by Gasteiger charge is 2.03. The Bertz CT molecular complexity index is 719. The molecule has 0 fully saturated rings. The van der Waals surface area contributed by atoms with Gasteiger partial charge in [0.1, 0.15) is 5.82 Å². The summed E-state index contributed by atoms with van der Waals surface area (Å²) in [6, 6.07) is 14.4. The summed E-state index contributed by atoms with van der Waals surface area (Å²) < 4.78 is 13.5. The summed E-state index contributed by atoms with van der Waals surface area (Å²) in [6.07, 6.45) is 3.45. The van der Waals surface area contributed by atoms with Gasteiger partial charge in [0.2, 0.25) is 0 Å². The Morgan fingerprint density at radius 2 is 1.56 bits per heavy atom. The molecule has 132 valence electrons. The fourth-order valence-electron chi connectivity index (χ4n) is 2.13. The van der Waals surface area contributed by atoms with Crippen LogP contribution in [-0.4, -0.2) is 10.2 Å². The van der Waals surface area contributed by atoms with Gasteiger partial charge >= 0.3 is 0 Å². The first-order valence-corrected chi connectivity index (χ1v) is 8.87. The molecular formula is C18H21FN4S2.